The van der Waals surface area contributed by atoms with E-state index in [9.17, 15) is 0 Å². The minimum absolute atomic E-state index is 0.454. The molecule has 4 atom stereocenters. The second-order valence-corrected chi connectivity index (χ2v) is 8.28. The predicted molar refractivity (Wildman–Crippen MR) is 108 cm³/mol. The molecule has 3 aliphatic rings. The van der Waals surface area contributed by atoms with Crippen LogP contribution in [0.4, 0.5) is 0 Å². The number of hydrogen-bond acceptors (Lipinski definition) is 5. The van der Waals surface area contributed by atoms with Gasteiger partial charge in [-0.2, -0.15) is 0 Å². The van der Waals surface area contributed by atoms with Crippen molar-refractivity contribution >= 4 is 0 Å². The van der Waals surface area contributed by atoms with Gasteiger partial charge >= 0.3 is 0 Å². The number of ether oxygens (including phenoxy) is 2. The zero-order chi connectivity index (χ0) is 18.5. The van der Waals surface area contributed by atoms with Gasteiger partial charge in [-0.05, 0) is 62.4 Å². The molecule has 150 valence electrons. The molecule has 5 nitrogen and oxygen atoms in total. The minimum Gasteiger partial charge on any atom is -0.497 e. The first-order valence-corrected chi connectivity index (χ1v) is 10.8. The molecule has 5 heteroatoms. The number of rotatable bonds is 7. The maximum atomic E-state index is 5.73. The van der Waals surface area contributed by atoms with Crippen molar-refractivity contribution in [1.82, 2.24) is 15.5 Å². The number of methoxy groups -OCH3 is 1. The van der Waals surface area contributed by atoms with Crippen molar-refractivity contribution in [2.45, 2.75) is 50.2 Å². The Morgan fingerprint density at radius 1 is 1.19 bits per heavy atom. The van der Waals surface area contributed by atoms with Crippen LogP contribution in [0.3, 0.4) is 0 Å². The lowest BCUT2D eigenvalue weighted by atomic mass is 9.93. The Kier molecular flexibility index (Phi) is 6.66. The lowest BCUT2D eigenvalue weighted by Crippen LogP contribution is -2.51. The van der Waals surface area contributed by atoms with E-state index in [4.69, 9.17) is 9.47 Å². The van der Waals surface area contributed by atoms with Gasteiger partial charge in [-0.3, -0.25) is 4.90 Å². The van der Waals surface area contributed by atoms with E-state index in [0.29, 0.717) is 24.0 Å². The van der Waals surface area contributed by atoms with Gasteiger partial charge in [0.2, 0.25) is 0 Å². The highest BCUT2D eigenvalue weighted by molar-refractivity contribution is 5.29. The van der Waals surface area contributed by atoms with Gasteiger partial charge in [-0.1, -0.05) is 18.6 Å². The van der Waals surface area contributed by atoms with Crippen LogP contribution < -0.4 is 15.4 Å². The van der Waals surface area contributed by atoms with Crippen LogP contribution in [-0.2, 0) is 4.74 Å². The van der Waals surface area contributed by atoms with Gasteiger partial charge in [0.25, 0.3) is 0 Å². The number of nitrogens with one attached hydrogen (secondary N) is 2. The number of likely N-dealkylation sites (tertiary alicyclic amines) is 1. The summed E-state index contributed by atoms with van der Waals surface area (Å²) in [5.41, 5.74) is 1.40. The Hall–Kier alpha value is -1.14. The van der Waals surface area contributed by atoms with E-state index in [2.05, 4.69) is 39.8 Å². The smallest absolute Gasteiger partial charge is 0.118 e. The Bertz CT molecular complexity index is 567. The first-order chi connectivity index (χ1) is 13.3. The van der Waals surface area contributed by atoms with Crippen LogP contribution in [0.1, 0.15) is 43.7 Å². The van der Waals surface area contributed by atoms with Crippen LogP contribution >= 0.6 is 0 Å². The lowest BCUT2D eigenvalue weighted by Gasteiger charge is -2.35. The summed E-state index contributed by atoms with van der Waals surface area (Å²) >= 11 is 0. The number of hydrogen-bond donors (Lipinski definition) is 2. The molecular weight excluding hydrogens is 338 g/mol. The second-order valence-electron chi connectivity index (χ2n) is 8.28. The quantitative estimate of drug-likeness (QED) is 0.769. The monoisotopic (exact) mass is 373 g/mol. The molecule has 0 spiro atoms. The molecule has 2 saturated heterocycles. The summed E-state index contributed by atoms with van der Waals surface area (Å²) in [5.74, 6) is 1.63. The summed E-state index contributed by atoms with van der Waals surface area (Å²) in [7, 11) is 1.73. The average molecular weight is 374 g/mol. The van der Waals surface area contributed by atoms with Gasteiger partial charge < -0.3 is 20.1 Å². The lowest BCUT2D eigenvalue weighted by molar-refractivity contribution is 0.0519. The predicted octanol–water partition coefficient (Wildman–Crippen LogP) is 2.58. The van der Waals surface area contributed by atoms with E-state index < -0.39 is 0 Å². The summed E-state index contributed by atoms with van der Waals surface area (Å²) in [6, 6.07) is 10.3. The summed E-state index contributed by atoms with van der Waals surface area (Å²) in [5, 5.41) is 7.65. The fraction of sp³-hybridized carbons (Fsp3) is 0.727. The summed E-state index contributed by atoms with van der Waals surface area (Å²) in [6.07, 6.45) is 6.58. The first-order valence-electron chi connectivity index (χ1n) is 10.8. The van der Waals surface area contributed by atoms with Crippen molar-refractivity contribution in [3.05, 3.63) is 29.8 Å². The third-order valence-corrected chi connectivity index (χ3v) is 6.69. The molecule has 1 aromatic carbocycles. The maximum absolute atomic E-state index is 5.73. The molecule has 2 aliphatic heterocycles. The third kappa shape index (κ3) is 4.65. The van der Waals surface area contributed by atoms with E-state index in [1.54, 1.807) is 7.11 Å². The van der Waals surface area contributed by atoms with Crippen LogP contribution in [0, 0.1) is 5.92 Å². The van der Waals surface area contributed by atoms with Crippen LogP contribution in [0.2, 0.25) is 0 Å². The standard InChI is InChI=1S/C22H35N3O2/c1-26-18-9-7-17(8-10-18)22(25-12-2-3-13-25)15-24-20-6-4-5-19(20)21-16-27-14-11-23-21/h7-10,19-24H,2-6,11-16H2,1H3. The van der Waals surface area contributed by atoms with Crippen LogP contribution in [0.5, 0.6) is 5.75 Å². The molecule has 1 aromatic rings. The van der Waals surface area contributed by atoms with Crippen molar-refractivity contribution in [3.8, 4) is 5.75 Å². The highest BCUT2D eigenvalue weighted by Crippen LogP contribution is 2.31. The Labute approximate surface area is 163 Å². The van der Waals surface area contributed by atoms with Crippen LogP contribution in [0.25, 0.3) is 0 Å². The summed E-state index contributed by atoms with van der Waals surface area (Å²) in [4.78, 5) is 2.65. The van der Waals surface area contributed by atoms with Crippen molar-refractivity contribution in [2.24, 2.45) is 5.92 Å². The topological polar surface area (TPSA) is 45.8 Å². The van der Waals surface area contributed by atoms with Crippen molar-refractivity contribution < 1.29 is 9.47 Å². The molecule has 4 rings (SSSR count). The normalized spacial score (nSPS) is 30.5. The molecule has 0 radical (unpaired) electrons. The fourth-order valence-electron chi connectivity index (χ4n) is 5.18. The molecule has 3 fully saturated rings. The third-order valence-electron chi connectivity index (χ3n) is 6.69. The van der Waals surface area contributed by atoms with Crippen LogP contribution in [0.15, 0.2) is 24.3 Å². The molecule has 0 aromatic heterocycles. The molecule has 2 heterocycles. The largest absolute Gasteiger partial charge is 0.497 e. The fourth-order valence-corrected chi connectivity index (χ4v) is 5.18. The maximum Gasteiger partial charge on any atom is 0.118 e. The number of nitrogens with zero attached hydrogens (tertiary/aromatic N) is 1. The van der Waals surface area contributed by atoms with Gasteiger partial charge in [0.05, 0.1) is 20.3 Å². The summed E-state index contributed by atoms with van der Waals surface area (Å²) < 4.78 is 11.1. The van der Waals surface area contributed by atoms with E-state index in [0.717, 1.165) is 32.1 Å². The zero-order valence-electron chi connectivity index (χ0n) is 16.7. The summed E-state index contributed by atoms with van der Waals surface area (Å²) in [6.45, 7) is 6.18. The average Bonchev–Trinajstić information content (AvgIpc) is 3.42. The van der Waals surface area contributed by atoms with Gasteiger partial charge in [-0.25, -0.2) is 0 Å². The zero-order valence-corrected chi connectivity index (χ0v) is 16.7. The number of morpholine rings is 1. The highest BCUT2D eigenvalue weighted by Gasteiger charge is 2.35. The van der Waals surface area contributed by atoms with E-state index in [1.807, 2.05) is 0 Å². The van der Waals surface area contributed by atoms with E-state index in [-0.39, 0.29) is 0 Å². The van der Waals surface area contributed by atoms with Crippen molar-refractivity contribution in [3.63, 3.8) is 0 Å². The van der Waals surface area contributed by atoms with Gasteiger partial charge in [0.1, 0.15) is 5.75 Å². The molecule has 4 unspecified atom stereocenters. The Morgan fingerprint density at radius 2 is 2.00 bits per heavy atom. The van der Waals surface area contributed by atoms with E-state index in [1.165, 1.54) is 50.8 Å². The van der Waals surface area contributed by atoms with Crippen molar-refractivity contribution in [1.29, 1.82) is 0 Å². The minimum atomic E-state index is 0.454. The van der Waals surface area contributed by atoms with Crippen molar-refractivity contribution in [2.75, 3.05) is 46.5 Å². The van der Waals surface area contributed by atoms with Gasteiger partial charge in [-0.15, -0.1) is 0 Å². The van der Waals surface area contributed by atoms with E-state index >= 15 is 0 Å². The Morgan fingerprint density at radius 3 is 2.70 bits per heavy atom. The highest BCUT2D eigenvalue weighted by atomic mass is 16.5. The molecular formula is C22H35N3O2. The Balaban J connectivity index is 1.41. The second kappa shape index (κ2) is 9.37. The SMILES string of the molecule is COc1ccc(C(CNC2CCCC2C2COCCN2)N2CCCC2)cc1. The first kappa shape index (κ1) is 19.2. The molecule has 0 bridgehead atoms. The number of benzene rings is 1. The molecule has 27 heavy (non-hydrogen) atoms. The molecule has 1 saturated carbocycles. The molecule has 2 N–H and O–H groups in total. The van der Waals surface area contributed by atoms with Crippen LogP contribution in [-0.4, -0.2) is 63.5 Å². The molecule has 1 aliphatic carbocycles. The van der Waals surface area contributed by atoms with Gasteiger partial charge in [0, 0.05) is 31.2 Å². The molecule has 0 amide bonds. The van der Waals surface area contributed by atoms with Gasteiger partial charge in [0.15, 0.2) is 0 Å².